The number of thioether (sulfide) groups is 1. The number of thiazole rings is 1. The van der Waals surface area contributed by atoms with Crippen molar-refractivity contribution in [1.82, 2.24) is 15.0 Å². The van der Waals surface area contributed by atoms with Gasteiger partial charge < -0.3 is 11.5 Å². The third-order valence-electron chi connectivity index (χ3n) is 2.74. The predicted molar refractivity (Wildman–Crippen MR) is 87.9 cm³/mol. The van der Waals surface area contributed by atoms with Crippen LogP contribution in [0, 0.1) is 5.82 Å². The number of halogens is 1. The van der Waals surface area contributed by atoms with E-state index in [1.807, 2.05) is 5.38 Å². The van der Waals surface area contributed by atoms with Gasteiger partial charge in [0.2, 0.25) is 0 Å². The topological polar surface area (TPSA) is 90.7 Å². The number of aromatic nitrogens is 3. The highest BCUT2D eigenvalue weighted by atomic mass is 32.2. The summed E-state index contributed by atoms with van der Waals surface area (Å²) in [5.41, 5.74) is 13.1. The summed E-state index contributed by atoms with van der Waals surface area (Å²) < 4.78 is 12.9. The van der Waals surface area contributed by atoms with Gasteiger partial charge in [0.25, 0.3) is 0 Å². The minimum Gasteiger partial charge on any atom is -0.383 e. The summed E-state index contributed by atoms with van der Waals surface area (Å²) in [6.45, 7) is 0. The Bertz CT molecular complexity index is 768. The van der Waals surface area contributed by atoms with E-state index in [9.17, 15) is 4.39 Å². The Labute approximate surface area is 134 Å². The van der Waals surface area contributed by atoms with Gasteiger partial charge in [-0.1, -0.05) is 11.8 Å². The summed E-state index contributed by atoms with van der Waals surface area (Å²) in [6, 6.07) is 7.79. The number of hydrogen-bond donors (Lipinski definition) is 2. The lowest BCUT2D eigenvalue weighted by Crippen LogP contribution is -1.99. The quantitative estimate of drug-likeness (QED) is 0.563. The van der Waals surface area contributed by atoms with E-state index in [4.69, 9.17) is 11.5 Å². The van der Waals surface area contributed by atoms with Crippen LogP contribution in [0.25, 0.3) is 10.6 Å². The van der Waals surface area contributed by atoms with Gasteiger partial charge in [0.05, 0.1) is 5.69 Å². The summed E-state index contributed by atoms with van der Waals surface area (Å²) in [6.07, 6.45) is 0. The van der Waals surface area contributed by atoms with E-state index in [2.05, 4.69) is 15.0 Å². The van der Waals surface area contributed by atoms with Crippen LogP contribution in [-0.2, 0) is 5.75 Å². The molecule has 22 heavy (non-hydrogen) atoms. The van der Waals surface area contributed by atoms with Gasteiger partial charge in [0, 0.05) is 22.8 Å². The Kier molecular flexibility index (Phi) is 4.21. The Hall–Kier alpha value is -2.19. The average Bonchev–Trinajstić information content (AvgIpc) is 2.94. The molecule has 2 heterocycles. The molecule has 0 bridgehead atoms. The summed E-state index contributed by atoms with van der Waals surface area (Å²) in [5.74, 6) is 1.05. The normalized spacial score (nSPS) is 10.8. The number of anilines is 2. The second-order valence-corrected chi connectivity index (χ2v) is 6.24. The maximum absolute atomic E-state index is 12.9. The Morgan fingerprint density at radius 1 is 1.05 bits per heavy atom. The van der Waals surface area contributed by atoms with Crippen LogP contribution in [0.15, 0.2) is 40.9 Å². The second kappa shape index (κ2) is 6.29. The lowest BCUT2D eigenvalue weighted by molar-refractivity contribution is 0.628. The molecular formula is C14H12FN5S2. The van der Waals surface area contributed by atoms with Crippen molar-refractivity contribution in [3.63, 3.8) is 0 Å². The van der Waals surface area contributed by atoms with E-state index in [0.29, 0.717) is 22.5 Å². The number of rotatable bonds is 4. The van der Waals surface area contributed by atoms with E-state index in [0.717, 1.165) is 16.3 Å². The number of hydrogen-bond acceptors (Lipinski definition) is 7. The first kappa shape index (κ1) is 14.7. The first-order valence-electron chi connectivity index (χ1n) is 6.33. The molecule has 0 saturated heterocycles. The van der Waals surface area contributed by atoms with E-state index in [-0.39, 0.29) is 5.82 Å². The van der Waals surface area contributed by atoms with Gasteiger partial charge in [-0.15, -0.1) is 11.3 Å². The fourth-order valence-electron chi connectivity index (χ4n) is 1.76. The molecule has 2 aromatic heterocycles. The molecule has 3 aromatic rings. The van der Waals surface area contributed by atoms with Gasteiger partial charge in [-0.2, -0.15) is 0 Å². The molecule has 5 nitrogen and oxygen atoms in total. The molecule has 0 unspecified atom stereocenters. The largest absolute Gasteiger partial charge is 0.383 e. The molecule has 0 atom stereocenters. The molecular weight excluding hydrogens is 321 g/mol. The van der Waals surface area contributed by atoms with Crippen molar-refractivity contribution in [2.45, 2.75) is 10.9 Å². The lowest BCUT2D eigenvalue weighted by atomic mass is 10.2. The summed E-state index contributed by atoms with van der Waals surface area (Å²) in [7, 11) is 0. The third kappa shape index (κ3) is 3.52. The average molecular weight is 333 g/mol. The minimum atomic E-state index is -0.257. The van der Waals surface area contributed by atoms with E-state index in [1.54, 1.807) is 12.1 Å². The smallest absolute Gasteiger partial charge is 0.191 e. The van der Waals surface area contributed by atoms with Gasteiger partial charge in [0.1, 0.15) is 22.5 Å². The zero-order valence-electron chi connectivity index (χ0n) is 11.4. The van der Waals surface area contributed by atoms with Crippen molar-refractivity contribution < 1.29 is 4.39 Å². The highest BCUT2D eigenvalue weighted by Crippen LogP contribution is 2.27. The number of nitrogens with two attached hydrogens (primary N) is 2. The van der Waals surface area contributed by atoms with E-state index >= 15 is 0 Å². The molecule has 0 spiro atoms. The van der Waals surface area contributed by atoms with Crippen LogP contribution in [0.2, 0.25) is 0 Å². The Morgan fingerprint density at radius 3 is 2.41 bits per heavy atom. The minimum absolute atomic E-state index is 0.257. The van der Waals surface area contributed by atoms with Crippen LogP contribution >= 0.6 is 23.1 Å². The Balaban J connectivity index is 1.70. The van der Waals surface area contributed by atoms with Crippen molar-refractivity contribution in [3.8, 4) is 10.6 Å². The fourth-order valence-corrected chi connectivity index (χ4v) is 3.46. The van der Waals surface area contributed by atoms with Crippen molar-refractivity contribution >= 4 is 34.7 Å². The highest BCUT2D eigenvalue weighted by molar-refractivity contribution is 7.98. The second-order valence-electron chi connectivity index (χ2n) is 4.44. The van der Waals surface area contributed by atoms with Gasteiger partial charge in [-0.05, 0) is 24.3 Å². The lowest BCUT2D eigenvalue weighted by Gasteiger charge is -2.01. The van der Waals surface area contributed by atoms with Crippen molar-refractivity contribution in [2.24, 2.45) is 0 Å². The maximum Gasteiger partial charge on any atom is 0.191 e. The van der Waals surface area contributed by atoms with Crippen LogP contribution in [0.3, 0.4) is 0 Å². The maximum atomic E-state index is 12.9. The molecule has 3 rings (SSSR count). The summed E-state index contributed by atoms with van der Waals surface area (Å²) in [4.78, 5) is 12.7. The highest BCUT2D eigenvalue weighted by Gasteiger charge is 2.07. The molecule has 0 radical (unpaired) electrons. The standard InChI is InChI=1S/C14H12FN5S2/c15-9-3-1-8(2-4-9)13-18-10(6-21-13)7-22-14-19-11(16)5-12(17)20-14/h1-6H,7H2,(H4,16,17,19,20). The van der Waals surface area contributed by atoms with Crippen molar-refractivity contribution in [2.75, 3.05) is 11.5 Å². The van der Waals surface area contributed by atoms with Gasteiger partial charge in [0.15, 0.2) is 5.16 Å². The van der Waals surface area contributed by atoms with Crippen LogP contribution in [0.4, 0.5) is 16.0 Å². The predicted octanol–water partition coefficient (Wildman–Crippen LogP) is 3.20. The molecule has 112 valence electrons. The first-order valence-corrected chi connectivity index (χ1v) is 8.20. The number of benzene rings is 1. The molecule has 0 aliphatic carbocycles. The molecule has 0 fully saturated rings. The fraction of sp³-hybridized carbons (Fsp3) is 0.0714. The SMILES string of the molecule is Nc1cc(N)nc(SCc2csc(-c3ccc(F)cc3)n2)n1. The van der Waals surface area contributed by atoms with E-state index in [1.165, 1.54) is 41.3 Å². The Morgan fingerprint density at radius 2 is 1.73 bits per heavy atom. The van der Waals surface area contributed by atoms with Crippen LogP contribution in [0.5, 0.6) is 0 Å². The molecule has 0 aliphatic rings. The third-order valence-corrected chi connectivity index (χ3v) is 4.56. The molecule has 4 N–H and O–H groups in total. The molecule has 0 saturated carbocycles. The zero-order valence-corrected chi connectivity index (χ0v) is 13.0. The molecule has 8 heteroatoms. The molecule has 0 amide bonds. The van der Waals surface area contributed by atoms with E-state index < -0.39 is 0 Å². The van der Waals surface area contributed by atoms with Gasteiger partial charge in [-0.25, -0.2) is 19.3 Å². The number of nitrogens with zero attached hydrogens (tertiary/aromatic N) is 3. The summed E-state index contributed by atoms with van der Waals surface area (Å²) in [5, 5.41) is 3.33. The monoisotopic (exact) mass is 333 g/mol. The van der Waals surface area contributed by atoms with Crippen LogP contribution in [-0.4, -0.2) is 15.0 Å². The summed E-state index contributed by atoms with van der Waals surface area (Å²) >= 11 is 2.93. The number of nitrogen functional groups attached to an aromatic ring is 2. The zero-order chi connectivity index (χ0) is 15.5. The molecule has 0 aliphatic heterocycles. The molecule has 1 aromatic carbocycles. The first-order chi connectivity index (χ1) is 10.6. The van der Waals surface area contributed by atoms with Crippen LogP contribution < -0.4 is 11.5 Å². The van der Waals surface area contributed by atoms with Gasteiger partial charge >= 0.3 is 0 Å². The van der Waals surface area contributed by atoms with Gasteiger partial charge in [-0.3, -0.25) is 0 Å². The van der Waals surface area contributed by atoms with Crippen molar-refractivity contribution in [1.29, 1.82) is 0 Å². The van der Waals surface area contributed by atoms with Crippen LogP contribution in [0.1, 0.15) is 5.69 Å². The van der Waals surface area contributed by atoms with Crippen molar-refractivity contribution in [3.05, 3.63) is 47.2 Å².